The van der Waals surface area contributed by atoms with Crippen LogP contribution in [0.25, 0.3) is 0 Å². The molecule has 0 bridgehead atoms. The zero-order valence-corrected chi connectivity index (χ0v) is 13.5. The summed E-state index contributed by atoms with van der Waals surface area (Å²) in [6, 6.07) is 5.93. The molecule has 0 aliphatic heterocycles. The first kappa shape index (κ1) is 16.2. The molecule has 1 aromatic carbocycles. The summed E-state index contributed by atoms with van der Waals surface area (Å²) in [6.07, 6.45) is 2.72. The molecule has 1 N–H and O–H groups in total. The number of benzene rings is 1. The van der Waals surface area contributed by atoms with Gasteiger partial charge in [0.25, 0.3) is 0 Å². The lowest BCUT2D eigenvalue weighted by Gasteiger charge is -2.16. The molecule has 1 fully saturated rings. The zero-order chi connectivity index (χ0) is 17.3. The molecule has 126 valence electrons. The van der Waals surface area contributed by atoms with Crippen molar-refractivity contribution in [2.45, 2.75) is 25.2 Å². The second-order valence-electron chi connectivity index (χ2n) is 5.79. The molecule has 3 rings (SSSR count). The fourth-order valence-electron chi connectivity index (χ4n) is 2.71. The molecule has 2 aromatic rings. The summed E-state index contributed by atoms with van der Waals surface area (Å²) in [5.41, 5.74) is 0.299. The Morgan fingerprint density at radius 3 is 2.58 bits per heavy atom. The van der Waals surface area contributed by atoms with Crippen molar-refractivity contribution in [1.29, 1.82) is 0 Å². The standard InChI is InChI=1S/C17H18FN3O3/c1-3-24-15(22)13-10-19-21(2)14(13)20-16(23)17(8-9-17)11-4-6-12(18)7-5-11/h4-7,10H,3,8-9H2,1-2H3,(H,20,23). The molecule has 0 unspecified atom stereocenters. The highest BCUT2D eigenvalue weighted by atomic mass is 19.1. The van der Waals surface area contributed by atoms with Crippen LogP contribution >= 0.6 is 0 Å². The number of ether oxygens (including phenoxy) is 1. The van der Waals surface area contributed by atoms with E-state index in [1.807, 2.05) is 0 Å². The van der Waals surface area contributed by atoms with Crippen molar-refractivity contribution in [1.82, 2.24) is 9.78 Å². The van der Waals surface area contributed by atoms with Gasteiger partial charge in [-0.3, -0.25) is 9.48 Å². The van der Waals surface area contributed by atoms with Gasteiger partial charge in [0.2, 0.25) is 5.91 Å². The summed E-state index contributed by atoms with van der Waals surface area (Å²) >= 11 is 0. The van der Waals surface area contributed by atoms with Crippen LogP contribution in [0.4, 0.5) is 10.2 Å². The van der Waals surface area contributed by atoms with Crippen molar-refractivity contribution in [2.24, 2.45) is 7.05 Å². The summed E-state index contributed by atoms with van der Waals surface area (Å²) < 4.78 is 19.5. The highest BCUT2D eigenvalue weighted by Crippen LogP contribution is 2.49. The highest BCUT2D eigenvalue weighted by Gasteiger charge is 2.51. The molecule has 1 aromatic heterocycles. The third-order valence-corrected chi connectivity index (χ3v) is 4.25. The van der Waals surface area contributed by atoms with E-state index in [0.29, 0.717) is 18.7 Å². The number of rotatable bonds is 5. The van der Waals surface area contributed by atoms with E-state index in [-0.39, 0.29) is 23.9 Å². The van der Waals surface area contributed by atoms with E-state index in [0.717, 1.165) is 5.56 Å². The van der Waals surface area contributed by atoms with Gasteiger partial charge in [-0.05, 0) is 37.5 Å². The number of nitrogens with zero attached hydrogens (tertiary/aromatic N) is 2. The van der Waals surface area contributed by atoms with E-state index < -0.39 is 11.4 Å². The lowest BCUT2D eigenvalue weighted by Crippen LogP contribution is -2.29. The molecule has 1 aliphatic carbocycles. The first-order chi connectivity index (χ1) is 11.5. The van der Waals surface area contributed by atoms with Gasteiger partial charge >= 0.3 is 5.97 Å². The molecular weight excluding hydrogens is 313 g/mol. The largest absolute Gasteiger partial charge is 0.462 e. The number of hydrogen-bond acceptors (Lipinski definition) is 4. The maximum Gasteiger partial charge on any atom is 0.343 e. The molecule has 1 amide bonds. The Balaban J connectivity index is 1.84. The van der Waals surface area contributed by atoms with E-state index >= 15 is 0 Å². The van der Waals surface area contributed by atoms with Crippen molar-refractivity contribution in [2.75, 3.05) is 11.9 Å². The minimum absolute atomic E-state index is 0.211. The Morgan fingerprint density at radius 1 is 1.33 bits per heavy atom. The zero-order valence-electron chi connectivity index (χ0n) is 13.5. The number of carbonyl (C=O) groups is 2. The van der Waals surface area contributed by atoms with Gasteiger partial charge in [0.1, 0.15) is 17.2 Å². The van der Waals surface area contributed by atoms with Crippen LogP contribution in [0.5, 0.6) is 0 Å². The molecule has 24 heavy (non-hydrogen) atoms. The number of anilines is 1. The number of nitrogens with one attached hydrogen (secondary N) is 1. The molecule has 0 atom stereocenters. The molecule has 0 saturated heterocycles. The van der Waals surface area contributed by atoms with Gasteiger partial charge in [-0.2, -0.15) is 5.10 Å². The highest BCUT2D eigenvalue weighted by molar-refractivity contribution is 6.05. The van der Waals surface area contributed by atoms with Gasteiger partial charge in [-0.25, -0.2) is 9.18 Å². The molecule has 7 heteroatoms. The fraction of sp³-hybridized carbons (Fsp3) is 0.353. The third kappa shape index (κ3) is 2.77. The van der Waals surface area contributed by atoms with Gasteiger partial charge in [0.15, 0.2) is 0 Å². The van der Waals surface area contributed by atoms with Crippen LogP contribution in [-0.2, 0) is 22.0 Å². The number of halogens is 1. The summed E-state index contributed by atoms with van der Waals surface area (Å²) in [4.78, 5) is 24.7. The Labute approximate surface area is 138 Å². The smallest absolute Gasteiger partial charge is 0.343 e. The number of esters is 1. The van der Waals surface area contributed by atoms with Crippen molar-refractivity contribution in [3.05, 3.63) is 47.4 Å². The predicted molar refractivity (Wildman–Crippen MR) is 85.1 cm³/mol. The van der Waals surface area contributed by atoms with E-state index in [1.165, 1.54) is 23.0 Å². The molecule has 0 spiro atoms. The third-order valence-electron chi connectivity index (χ3n) is 4.25. The minimum Gasteiger partial charge on any atom is -0.462 e. The van der Waals surface area contributed by atoms with Crippen LogP contribution in [0, 0.1) is 5.82 Å². The monoisotopic (exact) mass is 331 g/mol. The molecule has 1 saturated carbocycles. The van der Waals surface area contributed by atoms with Crippen LogP contribution in [0.1, 0.15) is 35.7 Å². The van der Waals surface area contributed by atoms with Gasteiger partial charge in [-0.1, -0.05) is 12.1 Å². The average molecular weight is 331 g/mol. The topological polar surface area (TPSA) is 73.2 Å². The number of aryl methyl sites for hydroxylation is 1. The Morgan fingerprint density at radius 2 is 2.00 bits per heavy atom. The first-order valence-electron chi connectivity index (χ1n) is 7.74. The number of carbonyl (C=O) groups excluding carboxylic acids is 2. The van der Waals surface area contributed by atoms with E-state index in [1.54, 1.807) is 26.1 Å². The molecular formula is C17H18FN3O3. The first-order valence-corrected chi connectivity index (χ1v) is 7.74. The quantitative estimate of drug-likeness (QED) is 0.854. The van der Waals surface area contributed by atoms with Gasteiger partial charge < -0.3 is 10.1 Å². The summed E-state index contributed by atoms with van der Waals surface area (Å²) in [5.74, 6) is -0.811. The Bertz CT molecular complexity index is 779. The maximum atomic E-state index is 13.1. The lowest BCUT2D eigenvalue weighted by molar-refractivity contribution is -0.118. The van der Waals surface area contributed by atoms with Crippen molar-refractivity contribution >= 4 is 17.7 Å². The summed E-state index contributed by atoms with van der Waals surface area (Å²) in [7, 11) is 1.63. The van der Waals surface area contributed by atoms with Gasteiger partial charge in [-0.15, -0.1) is 0 Å². The summed E-state index contributed by atoms with van der Waals surface area (Å²) in [5, 5.41) is 6.79. The number of amides is 1. The van der Waals surface area contributed by atoms with Crippen LogP contribution in [0.15, 0.2) is 30.5 Å². The minimum atomic E-state index is -0.677. The Kier molecular flexibility index (Phi) is 4.09. The van der Waals surface area contributed by atoms with Crippen molar-refractivity contribution in [3.63, 3.8) is 0 Å². The SMILES string of the molecule is CCOC(=O)c1cnn(C)c1NC(=O)C1(c2ccc(F)cc2)CC1. The van der Waals surface area contributed by atoms with Crippen LogP contribution in [0.3, 0.4) is 0 Å². The van der Waals surface area contributed by atoms with Crippen LogP contribution in [0.2, 0.25) is 0 Å². The molecule has 0 radical (unpaired) electrons. The predicted octanol–water partition coefficient (Wildman–Crippen LogP) is 2.41. The number of hydrogen-bond donors (Lipinski definition) is 1. The fourth-order valence-corrected chi connectivity index (χ4v) is 2.71. The lowest BCUT2D eigenvalue weighted by atomic mass is 9.95. The van der Waals surface area contributed by atoms with E-state index in [4.69, 9.17) is 4.74 Å². The van der Waals surface area contributed by atoms with Crippen molar-refractivity contribution in [3.8, 4) is 0 Å². The van der Waals surface area contributed by atoms with E-state index in [9.17, 15) is 14.0 Å². The average Bonchev–Trinajstić information content (AvgIpc) is 3.29. The van der Waals surface area contributed by atoms with Crippen LogP contribution in [-0.4, -0.2) is 28.3 Å². The van der Waals surface area contributed by atoms with Crippen molar-refractivity contribution < 1.29 is 18.7 Å². The normalized spacial score (nSPS) is 15.0. The maximum absolute atomic E-state index is 13.1. The Hall–Kier alpha value is -2.70. The second-order valence-corrected chi connectivity index (χ2v) is 5.79. The van der Waals surface area contributed by atoms with Crippen LogP contribution < -0.4 is 5.32 Å². The van der Waals surface area contributed by atoms with Gasteiger partial charge in [0.05, 0.1) is 18.2 Å². The summed E-state index contributed by atoms with van der Waals surface area (Å²) in [6.45, 7) is 1.95. The van der Waals surface area contributed by atoms with Gasteiger partial charge in [0, 0.05) is 7.05 Å². The second kappa shape index (κ2) is 6.07. The molecule has 1 aliphatic rings. The molecule has 1 heterocycles. The van der Waals surface area contributed by atoms with E-state index in [2.05, 4.69) is 10.4 Å². The number of aromatic nitrogens is 2. The molecule has 6 nitrogen and oxygen atoms in total.